The average molecular weight is 411 g/mol. The minimum atomic E-state index is -0.396. The molecule has 1 aliphatic carbocycles. The SMILES string of the molecule is COc1cccc(C(NC(=O)NC2CCc3[nH]ncc3C2)c2ccccc2Cl)c1. The van der Waals surface area contributed by atoms with E-state index in [1.54, 1.807) is 7.11 Å². The van der Waals surface area contributed by atoms with Crippen molar-refractivity contribution >= 4 is 17.6 Å². The Bertz CT molecular complexity index is 1000. The van der Waals surface area contributed by atoms with E-state index >= 15 is 0 Å². The number of carbonyl (C=O) groups excluding carboxylic acids is 1. The number of carbonyl (C=O) groups is 1. The lowest BCUT2D eigenvalue weighted by atomic mass is 9.93. The lowest BCUT2D eigenvalue weighted by Gasteiger charge is -2.26. The molecule has 0 saturated heterocycles. The third-order valence-electron chi connectivity index (χ3n) is 5.27. The fourth-order valence-electron chi connectivity index (χ4n) is 3.77. The second kappa shape index (κ2) is 8.57. The summed E-state index contributed by atoms with van der Waals surface area (Å²) in [4.78, 5) is 12.9. The molecular formula is C22H23ClN4O2. The molecule has 1 heterocycles. The minimum Gasteiger partial charge on any atom is -0.497 e. The maximum absolute atomic E-state index is 12.9. The number of H-pyrrole nitrogens is 1. The van der Waals surface area contributed by atoms with Crippen LogP contribution in [0.5, 0.6) is 5.75 Å². The van der Waals surface area contributed by atoms with Gasteiger partial charge in [0.2, 0.25) is 0 Å². The predicted octanol–water partition coefficient (Wildman–Crippen LogP) is 4.02. The lowest BCUT2D eigenvalue weighted by molar-refractivity contribution is 0.233. The lowest BCUT2D eigenvalue weighted by Crippen LogP contribution is -2.45. The first-order valence-electron chi connectivity index (χ1n) is 9.60. The molecule has 0 bridgehead atoms. The van der Waals surface area contributed by atoms with E-state index in [1.165, 1.54) is 0 Å². The highest BCUT2D eigenvalue weighted by Gasteiger charge is 2.24. The van der Waals surface area contributed by atoms with Gasteiger partial charge < -0.3 is 15.4 Å². The summed E-state index contributed by atoms with van der Waals surface area (Å²) in [5.74, 6) is 0.724. The number of aryl methyl sites for hydroxylation is 1. The van der Waals surface area contributed by atoms with Crippen LogP contribution < -0.4 is 15.4 Å². The fourth-order valence-corrected chi connectivity index (χ4v) is 4.01. The number of nitrogens with zero attached hydrogens (tertiary/aromatic N) is 1. The van der Waals surface area contributed by atoms with Gasteiger partial charge in [-0.25, -0.2) is 4.79 Å². The molecule has 4 rings (SSSR count). The van der Waals surface area contributed by atoms with E-state index in [1.807, 2.05) is 54.7 Å². The van der Waals surface area contributed by atoms with Crippen molar-refractivity contribution in [2.75, 3.05) is 7.11 Å². The van der Waals surface area contributed by atoms with Gasteiger partial charge in [-0.15, -0.1) is 0 Å². The van der Waals surface area contributed by atoms with Gasteiger partial charge >= 0.3 is 6.03 Å². The number of ether oxygens (including phenoxy) is 1. The van der Waals surface area contributed by atoms with E-state index in [4.69, 9.17) is 16.3 Å². The largest absolute Gasteiger partial charge is 0.497 e. The van der Waals surface area contributed by atoms with Crippen LogP contribution in [0.1, 0.15) is 34.8 Å². The molecule has 150 valence electrons. The van der Waals surface area contributed by atoms with Crippen molar-refractivity contribution < 1.29 is 9.53 Å². The van der Waals surface area contributed by atoms with Crippen molar-refractivity contribution in [3.8, 4) is 5.75 Å². The summed E-state index contributed by atoms with van der Waals surface area (Å²) < 4.78 is 5.35. The number of nitrogens with one attached hydrogen (secondary N) is 3. The van der Waals surface area contributed by atoms with Crippen LogP contribution in [0.15, 0.2) is 54.7 Å². The number of halogens is 1. The molecule has 7 heteroatoms. The first-order valence-corrected chi connectivity index (χ1v) is 9.98. The fraction of sp³-hybridized carbons (Fsp3) is 0.273. The molecule has 1 aliphatic rings. The van der Waals surface area contributed by atoms with Crippen LogP contribution in [0.4, 0.5) is 4.79 Å². The summed E-state index contributed by atoms with van der Waals surface area (Å²) in [5, 5.41) is 13.9. The molecule has 0 spiro atoms. The zero-order chi connectivity index (χ0) is 20.2. The Labute approximate surface area is 174 Å². The molecule has 2 aromatic carbocycles. The quantitative estimate of drug-likeness (QED) is 0.594. The Morgan fingerprint density at radius 2 is 2.14 bits per heavy atom. The van der Waals surface area contributed by atoms with Crippen molar-refractivity contribution in [1.29, 1.82) is 0 Å². The zero-order valence-electron chi connectivity index (χ0n) is 16.1. The molecule has 2 unspecified atom stereocenters. The predicted molar refractivity (Wildman–Crippen MR) is 112 cm³/mol. The maximum Gasteiger partial charge on any atom is 0.315 e. The second-order valence-corrected chi connectivity index (χ2v) is 7.57. The average Bonchev–Trinajstić information content (AvgIpc) is 3.20. The summed E-state index contributed by atoms with van der Waals surface area (Å²) in [6, 6.07) is 14.6. The molecule has 0 radical (unpaired) electrons. The molecule has 2 amide bonds. The first kappa shape index (κ1) is 19.3. The second-order valence-electron chi connectivity index (χ2n) is 7.16. The smallest absolute Gasteiger partial charge is 0.315 e. The van der Waals surface area contributed by atoms with Crippen LogP contribution >= 0.6 is 11.6 Å². The van der Waals surface area contributed by atoms with E-state index in [-0.39, 0.29) is 12.1 Å². The van der Waals surface area contributed by atoms with Gasteiger partial charge in [0.05, 0.1) is 19.3 Å². The van der Waals surface area contributed by atoms with Crippen molar-refractivity contribution in [3.05, 3.63) is 82.1 Å². The molecule has 3 N–H and O–H groups in total. The van der Waals surface area contributed by atoms with Gasteiger partial charge in [-0.05, 0) is 54.2 Å². The van der Waals surface area contributed by atoms with Gasteiger partial charge in [-0.2, -0.15) is 5.10 Å². The van der Waals surface area contributed by atoms with Crippen LogP contribution in [0.3, 0.4) is 0 Å². The normalized spacial score (nSPS) is 16.6. The van der Waals surface area contributed by atoms with Gasteiger partial charge in [-0.1, -0.05) is 41.9 Å². The Morgan fingerprint density at radius 1 is 1.28 bits per heavy atom. The number of aromatic amines is 1. The van der Waals surface area contributed by atoms with Crippen molar-refractivity contribution in [2.24, 2.45) is 0 Å². The van der Waals surface area contributed by atoms with Gasteiger partial charge in [0.1, 0.15) is 5.75 Å². The van der Waals surface area contributed by atoms with Gasteiger partial charge in [0, 0.05) is 16.8 Å². The van der Waals surface area contributed by atoms with Gasteiger partial charge in [0.25, 0.3) is 0 Å². The number of urea groups is 1. The molecule has 0 aliphatic heterocycles. The molecule has 6 nitrogen and oxygen atoms in total. The third-order valence-corrected chi connectivity index (χ3v) is 5.61. The highest BCUT2D eigenvalue weighted by atomic mass is 35.5. The number of aromatic nitrogens is 2. The summed E-state index contributed by atoms with van der Waals surface area (Å²) in [5.41, 5.74) is 4.05. The van der Waals surface area contributed by atoms with Crippen LogP contribution in [0, 0.1) is 0 Å². The van der Waals surface area contributed by atoms with Crippen molar-refractivity contribution in [2.45, 2.75) is 31.3 Å². The Balaban J connectivity index is 1.54. The number of amides is 2. The standard InChI is InChI=1S/C22H23ClN4O2/c1-29-17-6-4-5-14(12-17)21(18-7-2-3-8-19(18)23)26-22(28)25-16-9-10-20-15(11-16)13-24-27-20/h2-8,12-13,16,21H,9-11H2,1H3,(H,24,27)(H2,25,26,28). The summed E-state index contributed by atoms with van der Waals surface area (Å²) >= 11 is 6.45. The number of rotatable bonds is 5. The number of methoxy groups -OCH3 is 1. The molecule has 2 atom stereocenters. The van der Waals surface area contributed by atoms with E-state index in [2.05, 4.69) is 20.8 Å². The molecule has 3 aromatic rings. The number of fused-ring (bicyclic) bond motifs is 1. The zero-order valence-corrected chi connectivity index (χ0v) is 16.9. The van der Waals surface area contributed by atoms with E-state index in [0.29, 0.717) is 5.02 Å². The summed E-state index contributed by atoms with van der Waals surface area (Å²) in [7, 11) is 1.62. The van der Waals surface area contributed by atoms with Crippen molar-refractivity contribution in [3.63, 3.8) is 0 Å². The molecule has 0 saturated carbocycles. The summed E-state index contributed by atoms with van der Waals surface area (Å²) in [6.07, 6.45) is 4.36. The van der Waals surface area contributed by atoms with Gasteiger partial charge in [-0.3, -0.25) is 5.10 Å². The Morgan fingerprint density at radius 3 is 2.97 bits per heavy atom. The van der Waals surface area contributed by atoms with E-state index in [0.717, 1.165) is 47.4 Å². The van der Waals surface area contributed by atoms with Crippen LogP contribution in [-0.2, 0) is 12.8 Å². The topological polar surface area (TPSA) is 79.0 Å². The minimum absolute atomic E-state index is 0.0669. The maximum atomic E-state index is 12.9. The molecule has 1 aromatic heterocycles. The first-order chi connectivity index (χ1) is 14.1. The van der Waals surface area contributed by atoms with E-state index in [9.17, 15) is 4.79 Å². The highest BCUT2D eigenvalue weighted by molar-refractivity contribution is 6.31. The molecule has 29 heavy (non-hydrogen) atoms. The van der Waals surface area contributed by atoms with Crippen molar-refractivity contribution in [1.82, 2.24) is 20.8 Å². The van der Waals surface area contributed by atoms with Crippen LogP contribution in [0.25, 0.3) is 0 Å². The Kier molecular flexibility index (Phi) is 5.71. The third kappa shape index (κ3) is 4.38. The number of benzene rings is 2. The number of hydrogen-bond acceptors (Lipinski definition) is 3. The molecule has 0 fully saturated rings. The van der Waals surface area contributed by atoms with E-state index < -0.39 is 6.04 Å². The Hall–Kier alpha value is -2.99. The monoisotopic (exact) mass is 410 g/mol. The van der Waals surface area contributed by atoms with Crippen LogP contribution in [0.2, 0.25) is 5.02 Å². The van der Waals surface area contributed by atoms with Gasteiger partial charge in [0.15, 0.2) is 0 Å². The van der Waals surface area contributed by atoms with Crippen LogP contribution in [-0.4, -0.2) is 29.4 Å². The number of hydrogen-bond donors (Lipinski definition) is 3. The highest BCUT2D eigenvalue weighted by Crippen LogP contribution is 2.30. The summed E-state index contributed by atoms with van der Waals surface area (Å²) in [6.45, 7) is 0. The molecular weight excluding hydrogens is 388 g/mol.